The van der Waals surface area contributed by atoms with Gasteiger partial charge in [0.05, 0.1) is 0 Å². The first kappa shape index (κ1) is 23.9. The van der Waals surface area contributed by atoms with Crippen LogP contribution in [0.25, 0.3) is 0 Å². The Labute approximate surface area is 128 Å². The average molecular weight is 138 g/mol. The Morgan fingerprint density at radius 2 is 1.25 bits per heavy atom. The maximum Gasteiger partial charge on any atom is 2.00 e. The molecule has 1 unspecified atom stereocenters. The third-order valence-electron chi connectivity index (χ3n) is 0. The van der Waals surface area contributed by atoms with Gasteiger partial charge in [-0.15, -0.1) is 0 Å². The molecule has 0 saturated carbocycles. The van der Waals surface area contributed by atoms with Crippen molar-refractivity contribution in [2.75, 3.05) is 0 Å². The maximum absolute atomic E-state index is 0. The minimum absolute atomic E-state index is 0. The molecule has 0 N–H and O–H groups in total. The van der Waals surface area contributed by atoms with Crippen molar-refractivity contribution in [2.24, 2.45) is 0 Å². The van der Waals surface area contributed by atoms with Crippen molar-refractivity contribution in [1.29, 1.82) is 0 Å². The number of hydrogen-bond acceptors (Lipinski definition) is 0. The summed E-state index contributed by atoms with van der Waals surface area (Å²) in [6, 6.07) is 0. The second-order valence-corrected chi connectivity index (χ2v) is 0. The first-order valence-corrected chi connectivity index (χ1v) is 0. The topological polar surface area (TPSA) is 0 Å². The van der Waals surface area contributed by atoms with E-state index in [1.807, 2.05) is 0 Å². The molecule has 0 fully saturated rings. The van der Waals surface area contributed by atoms with Gasteiger partial charge in [-0.05, 0) is 0 Å². The molecule has 0 amide bonds. The Morgan fingerprint density at radius 3 is 1.25 bits per heavy atom. The third-order valence-corrected chi connectivity index (χ3v) is 0. The van der Waals surface area contributed by atoms with Crippen LogP contribution in [0.5, 0.6) is 0 Å². The Morgan fingerprint density at radius 1 is 1.25 bits per heavy atom. The quantitative estimate of drug-likeness (QED) is 0.302. The zero-order valence-electron chi connectivity index (χ0n) is 5.41. The zero-order valence-corrected chi connectivity index (χ0v) is 12.2. The molecule has 4 heavy (non-hydrogen) atoms. The summed E-state index contributed by atoms with van der Waals surface area (Å²) in [6.45, 7) is 0. The van der Waals surface area contributed by atoms with Gasteiger partial charge in [0.15, 0.2) is 0 Å². The predicted molar refractivity (Wildman–Crippen MR) is 30.6 cm³/mol. The van der Waals surface area contributed by atoms with Gasteiger partial charge in [0, 0.05) is 80.9 Å². The minimum atomic E-state index is 0. The first-order valence-electron chi connectivity index (χ1n) is 0. The fourth-order valence-corrected chi connectivity index (χ4v) is 0. The Hall–Kier alpha value is 4.33. The van der Waals surface area contributed by atoms with Crippen molar-refractivity contribution >= 4 is 129 Å². The molecule has 14 valence electrons. The van der Waals surface area contributed by atoms with Gasteiger partial charge in [0.1, 0.15) is 0 Å². The van der Waals surface area contributed by atoms with Crippen molar-refractivity contribution in [1.82, 2.24) is 0 Å². The molecule has 0 spiro atoms. The summed E-state index contributed by atoms with van der Waals surface area (Å²) in [4.78, 5) is 0. The smallest absolute Gasteiger partial charge is 1.00 e. The van der Waals surface area contributed by atoms with E-state index in [1.54, 1.807) is 0 Å². The van der Waals surface area contributed by atoms with Gasteiger partial charge in [-0.1, -0.05) is 0 Å². The van der Waals surface area contributed by atoms with E-state index in [2.05, 4.69) is 0 Å². The van der Waals surface area contributed by atoms with Crippen LogP contribution in [0.1, 0.15) is 2.85 Å². The van der Waals surface area contributed by atoms with E-state index >= 15 is 0 Å². The summed E-state index contributed by atoms with van der Waals surface area (Å²) in [5.74, 6) is 0. The summed E-state index contributed by atoms with van der Waals surface area (Å²) < 4.78 is 0. The molecule has 0 aromatic heterocycles. The first-order chi connectivity index (χ1) is 0. The monoisotopic (exact) mass is 138 g/mol. The van der Waals surface area contributed by atoms with Crippen molar-refractivity contribution in [3.63, 3.8) is 0 Å². The van der Waals surface area contributed by atoms with Crippen molar-refractivity contribution in [2.45, 2.75) is 0 Å². The molecule has 0 aromatic carbocycles. The van der Waals surface area contributed by atoms with Crippen LogP contribution in [-0.2, 0) is 0 Å². The molecule has 0 heterocycles. The van der Waals surface area contributed by atoms with Crippen LogP contribution in [0.4, 0.5) is 0 Å². The molecule has 0 aromatic rings. The summed E-state index contributed by atoms with van der Waals surface area (Å²) in [7, 11) is 0. The standard InChI is InChI=1S/Ca.K.Na.H3P.2H/h;;;1H3;;/q+2;;;;2*-1. The van der Waals surface area contributed by atoms with Crippen molar-refractivity contribution in [3.05, 3.63) is 0 Å². The second kappa shape index (κ2) is 15.7. The van der Waals surface area contributed by atoms with E-state index in [1.165, 1.54) is 0 Å². The maximum atomic E-state index is 0. The van der Waals surface area contributed by atoms with Gasteiger partial charge in [0.25, 0.3) is 0 Å². The molecule has 0 aliphatic heterocycles. The Balaban J connectivity index is 0. The van der Waals surface area contributed by atoms with Gasteiger partial charge in [0.2, 0.25) is 0 Å². The van der Waals surface area contributed by atoms with Crippen LogP contribution in [0.2, 0.25) is 0 Å². The number of hydrogen-bond donors (Lipinski definition) is 0. The van der Waals surface area contributed by atoms with E-state index in [0.29, 0.717) is 0 Å². The summed E-state index contributed by atoms with van der Waals surface area (Å²) in [5.41, 5.74) is 0. The van der Waals surface area contributed by atoms with E-state index in [4.69, 9.17) is 0 Å². The van der Waals surface area contributed by atoms with Crippen LogP contribution in [-0.4, -0.2) is 119 Å². The van der Waals surface area contributed by atoms with Crippen LogP contribution < -0.4 is 0 Å². The molecule has 0 bridgehead atoms. The molecular formula is H5CaKNaP. The van der Waals surface area contributed by atoms with Crippen LogP contribution in [0.15, 0.2) is 0 Å². The summed E-state index contributed by atoms with van der Waals surface area (Å²) in [5, 5.41) is 0. The van der Waals surface area contributed by atoms with Crippen molar-refractivity contribution < 1.29 is 2.85 Å². The minimum Gasteiger partial charge on any atom is -1.00 e. The van der Waals surface area contributed by atoms with Gasteiger partial charge < -0.3 is 2.85 Å². The summed E-state index contributed by atoms with van der Waals surface area (Å²) >= 11 is 0. The molecular weight excluding hydrogens is 133 g/mol. The van der Waals surface area contributed by atoms with E-state index in [9.17, 15) is 0 Å². The molecule has 0 saturated heterocycles. The van der Waals surface area contributed by atoms with Gasteiger partial charge in [-0.3, -0.25) is 0 Å². The van der Waals surface area contributed by atoms with Gasteiger partial charge in [-0.25, -0.2) is 0 Å². The number of rotatable bonds is 0. The SMILES string of the molecule is P.[Ca+2].[H-].[H-].[K].[Na]. The predicted octanol–water partition coefficient (Wildman–Crippen LogP) is -0.859. The average Bonchev–Trinajstić information content (AvgIpc) is 0. The van der Waals surface area contributed by atoms with Crippen LogP contribution >= 0.6 is 9.90 Å². The third kappa shape index (κ3) is 9.59. The van der Waals surface area contributed by atoms with Gasteiger partial charge in [-0.2, -0.15) is 9.90 Å². The van der Waals surface area contributed by atoms with Crippen molar-refractivity contribution in [3.8, 4) is 0 Å². The second-order valence-electron chi connectivity index (χ2n) is 0. The molecule has 0 aliphatic carbocycles. The van der Waals surface area contributed by atoms with Crippen LogP contribution in [0, 0.1) is 0 Å². The fourth-order valence-electron chi connectivity index (χ4n) is 0. The molecule has 0 nitrogen and oxygen atoms in total. The normalized spacial score (nSPS) is 0. The van der Waals surface area contributed by atoms with E-state index in [0.717, 1.165) is 0 Å². The zero-order chi connectivity index (χ0) is 0. The summed E-state index contributed by atoms with van der Waals surface area (Å²) in [6.07, 6.45) is 0. The molecule has 0 aliphatic rings. The Kier molecular flexibility index (Phi) is 93.5. The van der Waals surface area contributed by atoms with E-state index < -0.39 is 0 Å². The fraction of sp³-hybridized carbons (Fsp3) is 0. The Bertz CT molecular complexity index is 13.5. The molecule has 0 rings (SSSR count). The van der Waals surface area contributed by atoms with Gasteiger partial charge >= 0.3 is 37.7 Å². The molecule has 4 heteroatoms. The largest absolute Gasteiger partial charge is 2.00 e. The van der Waals surface area contributed by atoms with E-state index in [-0.39, 0.29) is 131 Å². The van der Waals surface area contributed by atoms with Crippen LogP contribution in [0.3, 0.4) is 0 Å². The molecule has 2 radical (unpaired) electrons. The molecule has 1 atom stereocenters.